The molecule has 1 heterocycles. The van der Waals surface area contributed by atoms with Gasteiger partial charge in [0.2, 0.25) is 0 Å². The third-order valence-electron chi connectivity index (χ3n) is 6.46. The molecule has 2 atom stereocenters. The zero-order valence-corrected chi connectivity index (χ0v) is 18.9. The Bertz CT molecular complexity index is 841. The van der Waals surface area contributed by atoms with E-state index < -0.39 is 17.7 Å². The highest BCUT2D eigenvalue weighted by molar-refractivity contribution is 5.65. The Morgan fingerprint density at radius 2 is 1.68 bits per heavy atom. The molecule has 1 aliphatic heterocycles. The summed E-state index contributed by atoms with van der Waals surface area (Å²) in [5, 5.41) is 0. The number of ether oxygens (including phenoxy) is 1. The summed E-state index contributed by atoms with van der Waals surface area (Å²) in [4.78, 5) is 0. The standard InChI is InChI=1S/C27H35F3O/c1-3-5-7-8-9-19-11-16-25(31-18-19)23-15-14-22(26(29)27(23)30)21-13-12-20(10-6-4-2)24(28)17-21/h12-15,17,19,25H,3-11,16,18H2,1-2H3. The smallest absolute Gasteiger partial charge is 0.167 e. The summed E-state index contributed by atoms with van der Waals surface area (Å²) in [7, 11) is 0. The SMILES string of the molecule is CCCCCCC1CCC(c2ccc(-c3ccc(CCCC)c(F)c3)c(F)c2F)OC1. The van der Waals surface area contributed by atoms with Crippen molar-refractivity contribution < 1.29 is 17.9 Å². The Kier molecular flexibility index (Phi) is 9.01. The summed E-state index contributed by atoms with van der Waals surface area (Å²) in [6.07, 6.45) is 9.87. The summed E-state index contributed by atoms with van der Waals surface area (Å²) >= 11 is 0. The predicted octanol–water partition coefficient (Wildman–Crippen LogP) is 8.55. The highest BCUT2D eigenvalue weighted by atomic mass is 19.2. The van der Waals surface area contributed by atoms with Gasteiger partial charge in [-0.25, -0.2) is 13.2 Å². The molecule has 4 heteroatoms. The maximum absolute atomic E-state index is 14.9. The molecule has 1 fully saturated rings. The normalized spacial score (nSPS) is 19.0. The Morgan fingerprint density at radius 3 is 2.35 bits per heavy atom. The van der Waals surface area contributed by atoms with Crippen LogP contribution in [0.2, 0.25) is 0 Å². The Balaban J connectivity index is 1.67. The fourth-order valence-corrected chi connectivity index (χ4v) is 4.46. The van der Waals surface area contributed by atoms with E-state index in [1.54, 1.807) is 24.3 Å². The van der Waals surface area contributed by atoms with E-state index in [0.29, 0.717) is 36.5 Å². The van der Waals surface area contributed by atoms with Crippen molar-refractivity contribution in [2.45, 2.75) is 84.2 Å². The van der Waals surface area contributed by atoms with Gasteiger partial charge >= 0.3 is 0 Å². The zero-order valence-electron chi connectivity index (χ0n) is 18.9. The topological polar surface area (TPSA) is 9.23 Å². The number of hydrogen-bond donors (Lipinski definition) is 0. The second-order valence-electron chi connectivity index (χ2n) is 8.85. The van der Waals surface area contributed by atoms with Crippen LogP contribution in [0.3, 0.4) is 0 Å². The molecule has 0 spiro atoms. The van der Waals surface area contributed by atoms with E-state index in [-0.39, 0.29) is 16.9 Å². The van der Waals surface area contributed by atoms with Crippen molar-refractivity contribution >= 4 is 0 Å². The highest BCUT2D eigenvalue weighted by Crippen LogP contribution is 2.37. The molecular formula is C27H35F3O. The summed E-state index contributed by atoms with van der Waals surface area (Å²) in [5.41, 5.74) is 1.33. The van der Waals surface area contributed by atoms with Crippen LogP contribution in [-0.2, 0) is 11.2 Å². The van der Waals surface area contributed by atoms with Crippen molar-refractivity contribution in [3.05, 3.63) is 58.9 Å². The summed E-state index contributed by atoms with van der Waals surface area (Å²) in [6.45, 7) is 4.85. The van der Waals surface area contributed by atoms with Gasteiger partial charge in [0.25, 0.3) is 0 Å². The molecule has 1 saturated heterocycles. The molecule has 2 unspecified atom stereocenters. The van der Waals surface area contributed by atoms with Gasteiger partial charge in [-0.05, 0) is 55.2 Å². The van der Waals surface area contributed by atoms with Gasteiger partial charge in [-0.2, -0.15) is 0 Å². The zero-order chi connectivity index (χ0) is 22.2. The molecule has 0 aliphatic carbocycles. The molecule has 0 amide bonds. The predicted molar refractivity (Wildman–Crippen MR) is 121 cm³/mol. The molecule has 0 radical (unpaired) electrons. The van der Waals surface area contributed by atoms with Gasteiger partial charge in [-0.1, -0.05) is 70.2 Å². The monoisotopic (exact) mass is 432 g/mol. The van der Waals surface area contributed by atoms with Crippen molar-refractivity contribution in [1.82, 2.24) is 0 Å². The van der Waals surface area contributed by atoms with Gasteiger partial charge < -0.3 is 4.74 Å². The molecule has 1 nitrogen and oxygen atoms in total. The molecule has 31 heavy (non-hydrogen) atoms. The Morgan fingerprint density at radius 1 is 0.871 bits per heavy atom. The average molecular weight is 433 g/mol. The van der Waals surface area contributed by atoms with Crippen molar-refractivity contribution in [3.63, 3.8) is 0 Å². The van der Waals surface area contributed by atoms with Crippen molar-refractivity contribution in [3.8, 4) is 11.1 Å². The summed E-state index contributed by atoms with van der Waals surface area (Å²) < 4.78 is 50.1. The van der Waals surface area contributed by atoms with Crippen molar-refractivity contribution in [2.24, 2.45) is 5.92 Å². The largest absolute Gasteiger partial charge is 0.373 e. The van der Waals surface area contributed by atoms with E-state index in [1.165, 1.54) is 31.7 Å². The van der Waals surface area contributed by atoms with Crippen LogP contribution in [0.1, 0.15) is 88.9 Å². The molecule has 0 bridgehead atoms. The van der Waals surface area contributed by atoms with Crippen LogP contribution < -0.4 is 0 Å². The molecule has 0 aromatic heterocycles. The fourth-order valence-electron chi connectivity index (χ4n) is 4.46. The first-order valence-corrected chi connectivity index (χ1v) is 11.9. The minimum absolute atomic E-state index is 0.0896. The number of rotatable bonds is 10. The van der Waals surface area contributed by atoms with E-state index in [1.807, 2.05) is 0 Å². The molecular weight excluding hydrogens is 397 g/mol. The summed E-state index contributed by atoms with van der Waals surface area (Å²) in [6, 6.07) is 7.81. The summed E-state index contributed by atoms with van der Waals surface area (Å²) in [5.74, 6) is -1.66. The van der Waals surface area contributed by atoms with Gasteiger partial charge in [0.05, 0.1) is 12.7 Å². The highest BCUT2D eigenvalue weighted by Gasteiger charge is 2.27. The van der Waals surface area contributed by atoms with Crippen LogP contribution in [0.4, 0.5) is 13.2 Å². The first kappa shape index (κ1) is 23.8. The second kappa shape index (κ2) is 11.7. The first-order valence-electron chi connectivity index (χ1n) is 11.9. The van der Waals surface area contributed by atoms with Crippen LogP contribution in [0.25, 0.3) is 11.1 Å². The number of hydrogen-bond acceptors (Lipinski definition) is 1. The maximum atomic E-state index is 14.9. The number of halogens is 3. The fraction of sp³-hybridized carbons (Fsp3) is 0.556. The van der Waals surface area contributed by atoms with Crippen LogP contribution >= 0.6 is 0 Å². The van der Waals surface area contributed by atoms with Gasteiger partial charge in [0.1, 0.15) is 5.82 Å². The lowest BCUT2D eigenvalue weighted by atomic mass is 9.90. The van der Waals surface area contributed by atoms with Gasteiger partial charge in [0.15, 0.2) is 11.6 Å². The lowest BCUT2D eigenvalue weighted by Crippen LogP contribution is -2.21. The van der Waals surface area contributed by atoms with Gasteiger partial charge in [0, 0.05) is 11.1 Å². The number of benzene rings is 2. The van der Waals surface area contributed by atoms with E-state index in [4.69, 9.17) is 4.74 Å². The number of aryl methyl sites for hydroxylation is 1. The Labute approximate surface area is 185 Å². The number of unbranched alkanes of at least 4 members (excludes halogenated alkanes) is 4. The molecule has 2 aromatic rings. The van der Waals surface area contributed by atoms with Crippen molar-refractivity contribution in [2.75, 3.05) is 6.61 Å². The van der Waals surface area contributed by atoms with Gasteiger partial charge in [-0.15, -0.1) is 0 Å². The third-order valence-corrected chi connectivity index (χ3v) is 6.46. The van der Waals surface area contributed by atoms with Crippen molar-refractivity contribution in [1.29, 1.82) is 0 Å². The lowest BCUT2D eigenvalue weighted by molar-refractivity contribution is -0.0218. The minimum Gasteiger partial charge on any atom is -0.373 e. The molecule has 170 valence electrons. The second-order valence-corrected chi connectivity index (χ2v) is 8.85. The maximum Gasteiger partial charge on any atom is 0.167 e. The van der Waals surface area contributed by atoms with Crippen LogP contribution in [0, 0.1) is 23.4 Å². The minimum atomic E-state index is -0.927. The quantitative estimate of drug-likeness (QED) is 0.342. The average Bonchev–Trinajstić information content (AvgIpc) is 2.78. The van der Waals surface area contributed by atoms with E-state index in [0.717, 1.165) is 25.7 Å². The lowest BCUT2D eigenvalue weighted by Gasteiger charge is -2.29. The van der Waals surface area contributed by atoms with Crippen LogP contribution in [0.15, 0.2) is 30.3 Å². The molecule has 0 N–H and O–H groups in total. The molecule has 0 saturated carbocycles. The van der Waals surface area contributed by atoms with Crippen LogP contribution in [-0.4, -0.2) is 6.61 Å². The third kappa shape index (κ3) is 6.12. The van der Waals surface area contributed by atoms with E-state index >= 15 is 0 Å². The molecule has 2 aromatic carbocycles. The molecule has 1 aliphatic rings. The van der Waals surface area contributed by atoms with E-state index in [2.05, 4.69) is 13.8 Å². The first-order chi connectivity index (χ1) is 15.0. The Hall–Kier alpha value is -1.81. The van der Waals surface area contributed by atoms with E-state index in [9.17, 15) is 13.2 Å². The van der Waals surface area contributed by atoms with Crippen LogP contribution in [0.5, 0.6) is 0 Å². The van der Waals surface area contributed by atoms with Gasteiger partial charge in [-0.3, -0.25) is 0 Å². The molecule has 3 rings (SSSR count).